The minimum atomic E-state index is -0.245. The number of hydrogen-bond acceptors (Lipinski definition) is 5. The first-order valence-electron chi connectivity index (χ1n) is 9.60. The fourth-order valence-electron chi connectivity index (χ4n) is 3.17. The van der Waals surface area contributed by atoms with Gasteiger partial charge in [0.1, 0.15) is 22.0 Å². The van der Waals surface area contributed by atoms with Crippen molar-refractivity contribution < 1.29 is 4.79 Å². The number of pyridine rings is 1. The van der Waals surface area contributed by atoms with Crippen LogP contribution in [0.2, 0.25) is 0 Å². The van der Waals surface area contributed by atoms with Gasteiger partial charge in [-0.2, -0.15) is 0 Å². The van der Waals surface area contributed by atoms with Gasteiger partial charge in [-0.05, 0) is 31.4 Å². The van der Waals surface area contributed by atoms with Crippen molar-refractivity contribution in [2.24, 2.45) is 5.92 Å². The molecule has 1 N–H and O–H groups in total. The largest absolute Gasteiger partial charge is 0.295 e. The van der Waals surface area contributed by atoms with Gasteiger partial charge in [0.15, 0.2) is 0 Å². The Hall–Kier alpha value is -3.06. The fraction of sp³-hybridized carbons (Fsp3) is 0.273. The Labute approximate surface area is 173 Å². The molecule has 1 amide bonds. The van der Waals surface area contributed by atoms with E-state index in [-0.39, 0.29) is 5.91 Å². The van der Waals surface area contributed by atoms with Gasteiger partial charge in [-0.15, -0.1) is 10.2 Å². The highest BCUT2D eigenvalue weighted by molar-refractivity contribution is 7.15. The van der Waals surface area contributed by atoms with E-state index in [4.69, 9.17) is 4.98 Å². The Morgan fingerprint density at radius 1 is 1.07 bits per heavy atom. The van der Waals surface area contributed by atoms with Crippen LogP contribution in [0.15, 0.2) is 42.6 Å². The maximum absolute atomic E-state index is 13.3. The van der Waals surface area contributed by atoms with Crippen molar-refractivity contribution in [3.8, 4) is 11.3 Å². The molecule has 7 heteroatoms. The molecule has 0 saturated carbocycles. The quantitative estimate of drug-likeness (QED) is 0.511. The van der Waals surface area contributed by atoms with Crippen LogP contribution in [0.25, 0.3) is 16.9 Å². The van der Waals surface area contributed by atoms with E-state index in [1.54, 1.807) is 0 Å². The van der Waals surface area contributed by atoms with Gasteiger partial charge >= 0.3 is 0 Å². The fourth-order valence-corrected chi connectivity index (χ4v) is 4.12. The number of aromatic nitrogens is 4. The maximum Gasteiger partial charge on any atom is 0.276 e. The summed E-state index contributed by atoms with van der Waals surface area (Å²) in [6, 6.07) is 11.9. The molecule has 6 nitrogen and oxygen atoms in total. The summed E-state index contributed by atoms with van der Waals surface area (Å²) in [5.41, 5.74) is 4.99. The second-order valence-corrected chi connectivity index (χ2v) is 8.72. The number of nitrogens with one attached hydrogen (secondary N) is 1. The van der Waals surface area contributed by atoms with Crippen molar-refractivity contribution in [3.05, 3.63) is 64.4 Å². The highest BCUT2D eigenvalue weighted by Gasteiger charge is 2.22. The van der Waals surface area contributed by atoms with Crippen molar-refractivity contribution in [3.63, 3.8) is 0 Å². The highest BCUT2D eigenvalue weighted by atomic mass is 32.1. The normalized spacial score (nSPS) is 11.3. The molecule has 29 heavy (non-hydrogen) atoms. The second-order valence-electron chi connectivity index (χ2n) is 7.66. The Morgan fingerprint density at radius 3 is 2.52 bits per heavy atom. The summed E-state index contributed by atoms with van der Waals surface area (Å²) < 4.78 is 1.84. The van der Waals surface area contributed by atoms with Crippen LogP contribution >= 0.6 is 11.3 Å². The molecule has 0 aliphatic carbocycles. The molecule has 1 aromatic carbocycles. The number of amides is 1. The lowest BCUT2D eigenvalue weighted by Crippen LogP contribution is -2.15. The number of imidazole rings is 1. The van der Waals surface area contributed by atoms with Crippen LogP contribution in [0.1, 0.15) is 40.5 Å². The van der Waals surface area contributed by atoms with Gasteiger partial charge in [0.05, 0.1) is 0 Å². The molecule has 4 aromatic rings. The van der Waals surface area contributed by atoms with Gasteiger partial charge in [0.2, 0.25) is 5.13 Å². The topological polar surface area (TPSA) is 72.2 Å². The minimum absolute atomic E-state index is 0.245. The van der Waals surface area contributed by atoms with E-state index in [1.165, 1.54) is 11.3 Å². The minimum Gasteiger partial charge on any atom is -0.295 e. The third-order valence-corrected chi connectivity index (χ3v) is 5.44. The third kappa shape index (κ3) is 4.05. The summed E-state index contributed by atoms with van der Waals surface area (Å²) in [5, 5.41) is 12.7. The lowest BCUT2D eigenvalue weighted by Gasteiger charge is -2.06. The third-order valence-electron chi connectivity index (χ3n) is 4.58. The zero-order valence-corrected chi connectivity index (χ0v) is 17.7. The molecular weight excluding hydrogens is 382 g/mol. The number of anilines is 1. The lowest BCUT2D eigenvalue weighted by molar-refractivity contribution is 0.102. The zero-order valence-electron chi connectivity index (χ0n) is 16.9. The number of fused-ring (bicyclic) bond motifs is 1. The predicted octanol–water partition coefficient (Wildman–Crippen LogP) is 4.92. The average Bonchev–Trinajstić information content (AvgIpc) is 3.25. The summed E-state index contributed by atoms with van der Waals surface area (Å²) in [4.78, 5) is 18.0. The highest BCUT2D eigenvalue weighted by Crippen LogP contribution is 2.27. The van der Waals surface area contributed by atoms with E-state index in [1.807, 2.05) is 60.8 Å². The molecule has 3 aromatic heterocycles. The van der Waals surface area contributed by atoms with E-state index >= 15 is 0 Å². The van der Waals surface area contributed by atoms with Gasteiger partial charge in [0, 0.05) is 18.2 Å². The van der Waals surface area contributed by atoms with Crippen molar-refractivity contribution in [1.29, 1.82) is 0 Å². The first-order chi connectivity index (χ1) is 13.9. The number of rotatable bonds is 5. The first kappa shape index (κ1) is 19.3. The molecule has 0 aliphatic rings. The number of benzene rings is 1. The van der Waals surface area contributed by atoms with Gasteiger partial charge in [0.25, 0.3) is 5.91 Å². The Kier molecular flexibility index (Phi) is 5.15. The molecule has 148 valence electrons. The molecule has 0 radical (unpaired) electrons. The number of carbonyl (C=O) groups excluding carboxylic acids is 1. The molecule has 0 spiro atoms. The van der Waals surface area contributed by atoms with Gasteiger partial charge in [-0.25, -0.2) is 4.98 Å². The molecule has 0 aliphatic heterocycles. The summed E-state index contributed by atoms with van der Waals surface area (Å²) in [7, 11) is 0. The van der Waals surface area contributed by atoms with E-state index in [0.717, 1.165) is 33.8 Å². The summed E-state index contributed by atoms with van der Waals surface area (Å²) >= 11 is 1.42. The van der Waals surface area contributed by atoms with Crippen LogP contribution in [-0.2, 0) is 6.42 Å². The zero-order chi connectivity index (χ0) is 20.5. The number of hydrogen-bond donors (Lipinski definition) is 1. The number of aryl methyl sites for hydroxylation is 2. The summed E-state index contributed by atoms with van der Waals surface area (Å²) in [5.74, 6) is 0.243. The number of carbonyl (C=O) groups is 1. The van der Waals surface area contributed by atoms with Gasteiger partial charge < -0.3 is 0 Å². The summed E-state index contributed by atoms with van der Waals surface area (Å²) in [6.07, 6.45) is 2.77. The first-order valence-corrected chi connectivity index (χ1v) is 10.4. The molecular formula is C22H23N5OS. The Bertz CT molecular complexity index is 1170. The lowest BCUT2D eigenvalue weighted by atomic mass is 10.1. The Morgan fingerprint density at radius 2 is 1.79 bits per heavy atom. The monoisotopic (exact) mass is 405 g/mol. The molecule has 4 rings (SSSR count). The van der Waals surface area contributed by atoms with Crippen LogP contribution < -0.4 is 5.32 Å². The second kappa shape index (κ2) is 7.75. The summed E-state index contributed by atoms with van der Waals surface area (Å²) in [6.45, 7) is 8.30. The van der Waals surface area contributed by atoms with Crippen LogP contribution in [-0.4, -0.2) is 25.5 Å². The van der Waals surface area contributed by atoms with Crippen molar-refractivity contribution in [1.82, 2.24) is 19.6 Å². The smallest absolute Gasteiger partial charge is 0.276 e. The van der Waals surface area contributed by atoms with E-state index in [0.29, 0.717) is 22.4 Å². The van der Waals surface area contributed by atoms with Crippen molar-refractivity contribution in [2.45, 2.75) is 34.1 Å². The van der Waals surface area contributed by atoms with Crippen molar-refractivity contribution in [2.75, 3.05) is 5.32 Å². The number of nitrogens with zero attached hydrogens (tertiary/aromatic N) is 4. The van der Waals surface area contributed by atoms with E-state index in [2.05, 4.69) is 29.4 Å². The molecule has 0 fully saturated rings. The standard InChI is InChI=1S/C22H23N5OS/c1-13(2)11-18-25-26-22(29-18)24-21(28)20-19(16-8-5-14(3)6-9-16)23-17-10-7-15(4)12-27(17)20/h5-10,12-13H,11H2,1-4H3,(H,24,26,28). The van der Waals surface area contributed by atoms with Gasteiger partial charge in [-0.3, -0.25) is 14.5 Å². The SMILES string of the molecule is Cc1ccc(-c2nc3ccc(C)cn3c2C(=O)Nc2nnc(CC(C)C)s2)cc1. The van der Waals surface area contributed by atoms with Crippen LogP contribution in [0, 0.1) is 19.8 Å². The van der Waals surface area contributed by atoms with E-state index < -0.39 is 0 Å². The molecule has 3 heterocycles. The Balaban J connectivity index is 1.75. The van der Waals surface area contributed by atoms with Crippen molar-refractivity contribution >= 4 is 28.0 Å². The van der Waals surface area contributed by atoms with E-state index in [9.17, 15) is 4.79 Å². The van der Waals surface area contributed by atoms with Crippen LogP contribution in [0.4, 0.5) is 5.13 Å². The van der Waals surface area contributed by atoms with Crippen LogP contribution in [0.3, 0.4) is 0 Å². The maximum atomic E-state index is 13.3. The van der Waals surface area contributed by atoms with Gasteiger partial charge in [-0.1, -0.05) is 61.1 Å². The molecule has 0 atom stereocenters. The average molecular weight is 406 g/mol. The molecule has 0 bridgehead atoms. The molecule has 0 unspecified atom stereocenters. The van der Waals surface area contributed by atoms with Crippen LogP contribution in [0.5, 0.6) is 0 Å². The molecule has 0 saturated heterocycles. The predicted molar refractivity (Wildman–Crippen MR) is 117 cm³/mol.